The fraction of sp³-hybridized carbons (Fsp3) is 0.226. The predicted molar refractivity (Wildman–Crippen MR) is 157 cm³/mol. The number of hydrogen-bond donors (Lipinski definition) is 0. The zero-order valence-electron chi connectivity index (χ0n) is 22.4. The number of thioether (sulfide) groups is 1. The van der Waals surface area contributed by atoms with Crippen molar-refractivity contribution in [1.29, 1.82) is 0 Å². The van der Waals surface area contributed by atoms with Gasteiger partial charge in [0.15, 0.2) is 5.78 Å². The van der Waals surface area contributed by atoms with E-state index in [1.807, 2.05) is 64.9 Å². The third kappa shape index (κ3) is 4.26. The van der Waals surface area contributed by atoms with Gasteiger partial charge < -0.3 is 9.64 Å². The first kappa shape index (κ1) is 26.6. The molecule has 10 heteroatoms. The highest BCUT2D eigenvalue weighted by atomic mass is 32.2. The molecule has 0 aromatic heterocycles. The molecule has 0 unspecified atom stereocenters. The Balaban J connectivity index is 1.58. The van der Waals surface area contributed by atoms with E-state index in [0.717, 1.165) is 16.2 Å². The number of nitrogens with zero attached hydrogens (tertiary/aromatic N) is 4. The number of urea groups is 2. The minimum absolute atomic E-state index is 0.143. The van der Waals surface area contributed by atoms with E-state index >= 15 is 0 Å². The van der Waals surface area contributed by atoms with Crippen molar-refractivity contribution in [2.75, 3.05) is 29.5 Å². The number of para-hydroxylation sites is 2. The molecule has 4 amide bonds. The van der Waals surface area contributed by atoms with Crippen LogP contribution in [0.25, 0.3) is 5.70 Å². The van der Waals surface area contributed by atoms with Gasteiger partial charge in [-0.1, -0.05) is 66.7 Å². The molecule has 0 N–H and O–H groups in total. The molecule has 41 heavy (non-hydrogen) atoms. The summed E-state index contributed by atoms with van der Waals surface area (Å²) in [6, 6.07) is 26.4. The zero-order valence-corrected chi connectivity index (χ0v) is 23.2. The summed E-state index contributed by atoms with van der Waals surface area (Å²) < 4.78 is 5.10. The number of esters is 1. The van der Waals surface area contributed by atoms with Crippen LogP contribution in [0.4, 0.5) is 21.0 Å². The Morgan fingerprint density at radius 3 is 2.05 bits per heavy atom. The number of imide groups is 1. The van der Waals surface area contributed by atoms with Crippen LogP contribution in [0.1, 0.15) is 18.9 Å². The Hall–Kier alpha value is -4.57. The van der Waals surface area contributed by atoms with Crippen LogP contribution in [-0.4, -0.2) is 64.3 Å². The lowest BCUT2D eigenvalue weighted by molar-refractivity contribution is -0.146. The van der Waals surface area contributed by atoms with E-state index in [2.05, 4.69) is 0 Å². The van der Waals surface area contributed by atoms with Crippen molar-refractivity contribution in [1.82, 2.24) is 9.80 Å². The van der Waals surface area contributed by atoms with Crippen LogP contribution in [-0.2, 0) is 14.3 Å². The predicted octanol–water partition coefficient (Wildman–Crippen LogP) is 5.16. The van der Waals surface area contributed by atoms with Crippen LogP contribution in [0.15, 0.2) is 96.4 Å². The van der Waals surface area contributed by atoms with E-state index in [9.17, 15) is 19.2 Å². The van der Waals surface area contributed by atoms with Gasteiger partial charge in [-0.15, -0.1) is 11.8 Å². The highest BCUT2D eigenvalue weighted by molar-refractivity contribution is 8.03. The summed E-state index contributed by atoms with van der Waals surface area (Å²) in [5, 5.41) is 0.896. The Bertz CT molecular complexity index is 1520. The van der Waals surface area contributed by atoms with Crippen molar-refractivity contribution < 1.29 is 23.9 Å². The molecule has 3 aromatic carbocycles. The number of hydrogen-bond acceptors (Lipinski definition) is 7. The maximum absolute atomic E-state index is 14.6. The topological polar surface area (TPSA) is 90.5 Å². The van der Waals surface area contributed by atoms with Crippen LogP contribution in [0.2, 0.25) is 0 Å². The highest BCUT2D eigenvalue weighted by Gasteiger charge is 2.68. The molecular weight excluding hydrogens is 540 g/mol. The summed E-state index contributed by atoms with van der Waals surface area (Å²) in [6.45, 7) is 2.45. The standard InChI is InChI=1S/C31H28N4O5S/c1-2-40-27(37)20-26(36)28-31-32(25(21-41-28)22-12-6-3-7-13-22)18-19-33(31)29(38)34(23-14-8-4-9-15-23)30(39)35(31)24-16-10-5-11-17-24/h3-17,21,28H,2,18-20H2,1H3/t28-,31-/m0/s1. The molecule has 3 aromatic rings. The number of carbonyl (C=O) groups is 4. The number of rotatable bonds is 7. The Morgan fingerprint density at radius 2 is 1.41 bits per heavy atom. The average Bonchev–Trinajstić information content (AvgIpc) is 3.40. The monoisotopic (exact) mass is 568 g/mol. The molecular formula is C31H28N4O5S. The van der Waals surface area contributed by atoms with E-state index in [4.69, 9.17) is 4.74 Å². The number of carbonyl (C=O) groups excluding carboxylic acids is 4. The van der Waals surface area contributed by atoms with Gasteiger partial charge in [-0.2, -0.15) is 0 Å². The molecule has 3 aliphatic rings. The number of anilines is 2. The van der Waals surface area contributed by atoms with Gasteiger partial charge in [-0.25, -0.2) is 19.4 Å². The molecule has 2 atom stereocenters. The van der Waals surface area contributed by atoms with Gasteiger partial charge in [0.25, 0.3) is 0 Å². The Morgan fingerprint density at radius 1 is 0.829 bits per heavy atom. The summed E-state index contributed by atoms with van der Waals surface area (Å²) in [5.41, 5.74) is 2.61. The molecule has 0 radical (unpaired) electrons. The maximum Gasteiger partial charge on any atom is 0.340 e. The van der Waals surface area contributed by atoms with Crippen LogP contribution in [0.3, 0.4) is 0 Å². The summed E-state index contributed by atoms with van der Waals surface area (Å²) in [4.78, 5) is 61.7. The minimum atomic E-state index is -1.55. The van der Waals surface area contributed by atoms with Crippen molar-refractivity contribution in [2.45, 2.75) is 24.4 Å². The fourth-order valence-corrected chi connectivity index (χ4v) is 7.13. The number of ether oxygens (including phenoxy) is 1. The molecule has 2 saturated heterocycles. The highest BCUT2D eigenvalue weighted by Crippen LogP contribution is 2.53. The van der Waals surface area contributed by atoms with Crippen molar-refractivity contribution >= 4 is 52.6 Å². The molecule has 0 saturated carbocycles. The molecule has 3 aliphatic heterocycles. The van der Waals surface area contributed by atoms with Crippen LogP contribution in [0, 0.1) is 0 Å². The average molecular weight is 569 g/mol. The van der Waals surface area contributed by atoms with E-state index < -0.39 is 41.3 Å². The first-order chi connectivity index (χ1) is 20.0. The lowest BCUT2D eigenvalue weighted by Gasteiger charge is -2.59. The first-order valence-corrected chi connectivity index (χ1v) is 14.4. The van der Waals surface area contributed by atoms with Crippen molar-refractivity contribution in [2.24, 2.45) is 0 Å². The Kier molecular flexibility index (Phi) is 7.00. The second kappa shape index (κ2) is 10.8. The van der Waals surface area contributed by atoms with Gasteiger partial charge >= 0.3 is 18.0 Å². The van der Waals surface area contributed by atoms with Crippen molar-refractivity contribution in [3.63, 3.8) is 0 Å². The largest absolute Gasteiger partial charge is 0.466 e. The van der Waals surface area contributed by atoms with Crippen molar-refractivity contribution in [3.05, 3.63) is 102 Å². The molecule has 0 aliphatic carbocycles. The van der Waals surface area contributed by atoms with Crippen molar-refractivity contribution in [3.8, 4) is 0 Å². The Labute approximate surface area is 242 Å². The van der Waals surface area contributed by atoms with E-state index in [1.54, 1.807) is 53.1 Å². The summed E-state index contributed by atoms with van der Waals surface area (Å²) in [7, 11) is 0. The van der Waals surface area contributed by atoms with Gasteiger partial charge in [0, 0.05) is 18.8 Å². The van der Waals surface area contributed by atoms with Crippen LogP contribution in [0.5, 0.6) is 0 Å². The van der Waals surface area contributed by atoms with Crippen LogP contribution < -0.4 is 9.80 Å². The van der Waals surface area contributed by atoms with Gasteiger partial charge in [0.2, 0.25) is 5.79 Å². The number of Topliss-reactive ketones (excluding diaryl/α,β-unsaturated/α-hetero) is 1. The third-order valence-electron chi connectivity index (χ3n) is 7.45. The van der Waals surface area contributed by atoms with Gasteiger partial charge in [0.1, 0.15) is 11.7 Å². The maximum atomic E-state index is 14.6. The molecule has 1 spiro atoms. The first-order valence-electron chi connectivity index (χ1n) is 13.4. The molecule has 9 nitrogen and oxygen atoms in total. The number of ketones is 1. The third-order valence-corrected chi connectivity index (χ3v) is 8.66. The summed E-state index contributed by atoms with van der Waals surface area (Å²) >= 11 is 1.22. The summed E-state index contributed by atoms with van der Waals surface area (Å²) in [5.74, 6) is -2.62. The molecule has 6 rings (SSSR count). The second-order valence-electron chi connectivity index (χ2n) is 9.73. The molecule has 0 bridgehead atoms. The van der Waals surface area contributed by atoms with Crippen LogP contribution >= 0.6 is 11.8 Å². The number of amides is 4. The molecule has 3 heterocycles. The summed E-state index contributed by atoms with van der Waals surface area (Å²) in [6.07, 6.45) is -0.475. The van der Waals surface area contributed by atoms with E-state index in [-0.39, 0.29) is 13.2 Å². The zero-order chi connectivity index (χ0) is 28.6. The smallest absolute Gasteiger partial charge is 0.340 e. The minimum Gasteiger partial charge on any atom is -0.466 e. The quantitative estimate of drug-likeness (QED) is 0.287. The van der Waals surface area contributed by atoms with Gasteiger partial charge in [0.05, 0.1) is 18.0 Å². The lowest BCUT2D eigenvalue weighted by Crippen LogP contribution is -2.81. The second-order valence-corrected chi connectivity index (χ2v) is 10.7. The normalized spacial score (nSPS) is 21.8. The molecule has 208 valence electrons. The van der Waals surface area contributed by atoms with Gasteiger partial charge in [-0.05, 0) is 42.2 Å². The number of benzene rings is 3. The van der Waals surface area contributed by atoms with Gasteiger partial charge in [-0.3, -0.25) is 14.5 Å². The van der Waals surface area contributed by atoms with E-state index in [0.29, 0.717) is 17.9 Å². The SMILES string of the molecule is CCOC(=O)CC(=O)[C@@H]1SC=C(c2ccccc2)N2CCN3C(=O)N(c4ccccc4)C(=O)N(c4ccccc4)[C@]132. The fourth-order valence-electron chi connectivity index (χ4n) is 5.83. The lowest BCUT2D eigenvalue weighted by atomic mass is 9.99. The van der Waals surface area contributed by atoms with E-state index in [1.165, 1.54) is 11.8 Å². The molecule has 2 fully saturated rings.